The average molecular weight is 254 g/mol. The Morgan fingerprint density at radius 2 is 2.11 bits per heavy atom. The van der Waals surface area contributed by atoms with E-state index < -0.39 is 6.04 Å². The van der Waals surface area contributed by atoms with Gasteiger partial charge in [0.05, 0.1) is 13.0 Å². The molecule has 0 aliphatic heterocycles. The third-order valence-electron chi connectivity index (χ3n) is 2.72. The monoisotopic (exact) mass is 254 g/mol. The fourth-order valence-corrected chi connectivity index (χ4v) is 1.63. The molecule has 0 aliphatic rings. The molecule has 0 radical (unpaired) electrons. The van der Waals surface area contributed by atoms with Crippen molar-refractivity contribution in [3.8, 4) is 0 Å². The molecule has 0 saturated heterocycles. The van der Waals surface area contributed by atoms with Crippen molar-refractivity contribution in [2.75, 3.05) is 20.7 Å². The van der Waals surface area contributed by atoms with Gasteiger partial charge in [0.25, 0.3) is 0 Å². The van der Waals surface area contributed by atoms with Gasteiger partial charge in [0, 0.05) is 13.6 Å². The van der Waals surface area contributed by atoms with Crippen LogP contribution in [0.4, 0.5) is 0 Å². The Kier molecular flexibility index (Phi) is 4.82. The molecular formula is C11H18N4O3. The van der Waals surface area contributed by atoms with E-state index in [-0.39, 0.29) is 17.8 Å². The smallest absolute Gasteiger partial charge is 0.310 e. The van der Waals surface area contributed by atoms with Crippen molar-refractivity contribution in [3.05, 3.63) is 12.7 Å². The maximum atomic E-state index is 12.1. The zero-order chi connectivity index (χ0) is 13.7. The minimum Gasteiger partial charge on any atom is -0.469 e. The zero-order valence-electron chi connectivity index (χ0n) is 11.0. The predicted molar refractivity (Wildman–Crippen MR) is 63.6 cm³/mol. The molecule has 0 N–H and O–H groups in total. The first-order valence-electron chi connectivity index (χ1n) is 5.64. The summed E-state index contributed by atoms with van der Waals surface area (Å²) >= 11 is 0. The van der Waals surface area contributed by atoms with Crippen molar-refractivity contribution in [1.82, 2.24) is 19.7 Å². The molecule has 0 spiro atoms. The molecule has 1 amide bonds. The van der Waals surface area contributed by atoms with Gasteiger partial charge in [-0.2, -0.15) is 5.10 Å². The van der Waals surface area contributed by atoms with Crippen LogP contribution in [0, 0.1) is 5.92 Å². The highest BCUT2D eigenvalue weighted by molar-refractivity contribution is 5.80. The van der Waals surface area contributed by atoms with Crippen LogP contribution in [0.5, 0.6) is 0 Å². The summed E-state index contributed by atoms with van der Waals surface area (Å²) in [4.78, 5) is 28.6. The van der Waals surface area contributed by atoms with Crippen molar-refractivity contribution in [2.24, 2.45) is 5.92 Å². The number of amides is 1. The second-order valence-electron chi connectivity index (χ2n) is 4.19. The lowest BCUT2D eigenvalue weighted by Crippen LogP contribution is -2.38. The summed E-state index contributed by atoms with van der Waals surface area (Å²) in [5, 5.41) is 3.92. The number of methoxy groups -OCH3 is 1. The largest absolute Gasteiger partial charge is 0.469 e. The molecule has 0 bridgehead atoms. The van der Waals surface area contributed by atoms with Crippen LogP contribution >= 0.6 is 0 Å². The maximum absolute atomic E-state index is 12.1. The highest BCUT2D eigenvalue weighted by Gasteiger charge is 2.23. The van der Waals surface area contributed by atoms with Crippen molar-refractivity contribution in [1.29, 1.82) is 0 Å². The van der Waals surface area contributed by atoms with Gasteiger partial charge < -0.3 is 9.64 Å². The Morgan fingerprint density at radius 1 is 1.44 bits per heavy atom. The van der Waals surface area contributed by atoms with E-state index in [1.807, 2.05) is 0 Å². The van der Waals surface area contributed by atoms with Crippen LogP contribution in [0.2, 0.25) is 0 Å². The van der Waals surface area contributed by atoms with Gasteiger partial charge in [-0.25, -0.2) is 9.67 Å². The Hall–Kier alpha value is -1.92. The number of rotatable bonds is 5. The SMILES string of the molecule is COC(=O)C(C)CN(C)C(=O)C(C)n1cncn1. The maximum Gasteiger partial charge on any atom is 0.310 e. The standard InChI is InChI=1S/C11H18N4O3/c1-8(11(17)18-4)5-14(3)10(16)9(2)15-7-12-6-13-15/h6-9H,5H2,1-4H3. The summed E-state index contributed by atoms with van der Waals surface area (Å²) in [5.74, 6) is -0.814. The summed E-state index contributed by atoms with van der Waals surface area (Å²) < 4.78 is 6.09. The Morgan fingerprint density at radius 3 is 2.61 bits per heavy atom. The number of aromatic nitrogens is 3. The average Bonchev–Trinajstić information content (AvgIpc) is 2.89. The number of ether oxygens (including phenoxy) is 1. The number of hydrogen-bond acceptors (Lipinski definition) is 5. The topological polar surface area (TPSA) is 77.3 Å². The van der Waals surface area contributed by atoms with Gasteiger partial charge in [0.15, 0.2) is 0 Å². The normalized spacial score (nSPS) is 13.8. The molecule has 0 aliphatic carbocycles. The molecular weight excluding hydrogens is 236 g/mol. The molecule has 7 heteroatoms. The van der Waals surface area contributed by atoms with E-state index >= 15 is 0 Å². The lowest BCUT2D eigenvalue weighted by molar-refractivity contribution is -0.146. The lowest BCUT2D eigenvalue weighted by Gasteiger charge is -2.23. The van der Waals surface area contributed by atoms with Crippen LogP contribution in [0.25, 0.3) is 0 Å². The second kappa shape index (κ2) is 6.13. The van der Waals surface area contributed by atoms with Crippen LogP contribution in [0.1, 0.15) is 19.9 Å². The van der Waals surface area contributed by atoms with Gasteiger partial charge in [-0.1, -0.05) is 6.92 Å². The highest BCUT2D eigenvalue weighted by atomic mass is 16.5. The summed E-state index contributed by atoms with van der Waals surface area (Å²) in [7, 11) is 2.98. The van der Waals surface area contributed by atoms with E-state index in [2.05, 4.69) is 14.8 Å². The highest BCUT2D eigenvalue weighted by Crippen LogP contribution is 2.09. The minimum atomic E-state index is -0.442. The second-order valence-corrected chi connectivity index (χ2v) is 4.19. The van der Waals surface area contributed by atoms with E-state index in [1.165, 1.54) is 29.3 Å². The van der Waals surface area contributed by atoms with E-state index in [9.17, 15) is 9.59 Å². The van der Waals surface area contributed by atoms with Gasteiger partial charge in [0.1, 0.15) is 18.7 Å². The molecule has 7 nitrogen and oxygen atoms in total. The van der Waals surface area contributed by atoms with Crippen LogP contribution in [0.3, 0.4) is 0 Å². The van der Waals surface area contributed by atoms with E-state index in [1.54, 1.807) is 20.9 Å². The summed E-state index contributed by atoms with van der Waals surface area (Å²) in [6, 6.07) is -0.442. The third-order valence-corrected chi connectivity index (χ3v) is 2.72. The number of hydrogen-bond donors (Lipinski definition) is 0. The molecule has 1 aromatic rings. The summed E-state index contributed by atoms with van der Waals surface area (Å²) in [5.41, 5.74) is 0. The van der Waals surface area contributed by atoms with Crippen molar-refractivity contribution in [3.63, 3.8) is 0 Å². The number of likely N-dealkylation sites (N-methyl/N-ethyl adjacent to an activating group) is 1. The van der Waals surface area contributed by atoms with Crippen molar-refractivity contribution >= 4 is 11.9 Å². The molecule has 2 atom stereocenters. The molecule has 100 valence electrons. The number of esters is 1. The zero-order valence-corrected chi connectivity index (χ0v) is 11.0. The Balaban J connectivity index is 2.59. The van der Waals surface area contributed by atoms with Crippen LogP contribution in [-0.4, -0.2) is 52.2 Å². The number of carbonyl (C=O) groups excluding carboxylic acids is 2. The molecule has 18 heavy (non-hydrogen) atoms. The van der Waals surface area contributed by atoms with Gasteiger partial charge in [-0.3, -0.25) is 9.59 Å². The predicted octanol–water partition coefficient (Wildman–Crippen LogP) is 0.107. The molecule has 1 rings (SSSR count). The van der Waals surface area contributed by atoms with Gasteiger partial charge in [-0.05, 0) is 6.92 Å². The van der Waals surface area contributed by atoms with Gasteiger partial charge >= 0.3 is 5.97 Å². The van der Waals surface area contributed by atoms with E-state index in [4.69, 9.17) is 0 Å². The molecule has 0 aromatic carbocycles. The van der Waals surface area contributed by atoms with Crippen molar-refractivity contribution < 1.29 is 14.3 Å². The van der Waals surface area contributed by atoms with E-state index in [0.29, 0.717) is 6.54 Å². The van der Waals surface area contributed by atoms with Gasteiger partial charge in [0.2, 0.25) is 5.91 Å². The molecule has 1 heterocycles. The van der Waals surface area contributed by atoms with Crippen molar-refractivity contribution in [2.45, 2.75) is 19.9 Å². The minimum absolute atomic E-state index is 0.128. The lowest BCUT2D eigenvalue weighted by atomic mass is 10.1. The quantitative estimate of drug-likeness (QED) is 0.697. The Labute approximate surface area is 106 Å². The van der Waals surface area contributed by atoms with Crippen LogP contribution in [-0.2, 0) is 14.3 Å². The summed E-state index contributed by atoms with van der Waals surface area (Å²) in [6.07, 6.45) is 2.86. The summed E-state index contributed by atoms with van der Waals surface area (Å²) in [6.45, 7) is 3.76. The molecule has 1 aromatic heterocycles. The fourth-order valence-electron chi connectivity index (χ4n) is 1.63. The fraction of sp³-hybridized carbons (Fsp3) is 0.636. The first kappa shape index (κ1) is 14.1. The number of nitrogens with zero attached hydrogens (tertiary/aromatic N) is 4. The molecule has 2 unspecified atom stereocenters. The molecule has 0 fully saturated rings. The number of carbonyl (C=O) groups is 2. The van der Waals surface area contributed by atoms with E-state index in [0.717, 1.165) is 0 Å². The first-order valence-corrected chi connectivity index (χ1v) is 5.64. The van der Waals surface area contributed by atoms with Crippen LogP contribution in [0.15, 0.2) is 12.7 Å². The third kappa shape index (κ3) is 3.28. The van der Waals surface area contributed by atoms with Gasteiger partial charge in [-0.15, -0.1) is 0 Å². The molecule has 0 saturated carbocycles. The van der Waals surface area contributed by atoms with Crippen LogP contribution < -0.4 is 0 Å². The first-order chi connectivity index (χ1) is 8.47. The Bertz CT molecular complexity index is 404.